The third-order valence-corrected chi connectivity index (χ3v) is 5.93. The SMILES string of the molecule is Cc1nc(N2CCN(C(=O)Cc3c[nH]c4ncccc34)CC2)sc1C. The number of nitrogens with zero attached hydrogens (tertiary/aromatic N) is 4. The van der Waals surface area contributed by atoms with Gasteiger partial charge in [-0.1, -0.05) is 0 Å². The molecule has 3 aromatic rings. The Bertz CT molecular complexity index is 888. The van der Waals surface area contributed by atoms with E-state index in [4.69, 9.17) is 0 Å². The number of piperazine rings is 1. The minimum Gasteiger partial charge on any atom is -0.346 e. The average Bonchev–Trinajstić information content (AvgIpc) is 3.19. The number of thiazole rings is 1. The fraction of sp³-hybridized carbons (Fsp3) is 0.389. The van der Waals surface area contributed by atoms with Gasteiger partial charge in [0.2, 0.25) is 5.91 Å². The van der Waals surface area contributed by atoms with Gasteiger partial charge < -0.3 is 14.8 Å². The number of fused-ring (bicyclic) bond motifs is 1. The number of anilines is 1. The number of H-pyrrole nitrogens is 1. The maximum Gasteiger partial charge on any atom is 0.227 e. The van der Waals surface area contributed by atoms with Gasteiger partial charge in [-0.25, -0.2) is 9.97 Å². The molecular weight excluding hydrogens is 334 g/mol. The number of carbonyl (C=O) groups excluding carboxylic acids is 1. The molecule has 0 unspecified atom stereocenters. The molecule has 0 aliphatic carbocycles. The number of aryl methyl sites for hydroxylation is 2. The van der Waals surface area contributed by atoms with Crippen LogP contribution in [0.5, 0.6) is 0 Å². The van der Waals surface area contributed by atoms with Gasteiger partial charge in [0, 0.05) is 48.8 Å². The summed E-state index contributed by atoms with van der Waals surface area (Å²) in [5.41, 5.74) is 2.96. The largest absolute Gasteiger partial charge is 0.346 e. The lowest BCUT2D eigenvalue weighted by Crippen LogP contribution is -2.49. The number of pyridine rings is 1. The van der Waals surface area contributed by atoms with E-state index in [2.05, 4.69) is 26.8 Å². The fourth-order valence-electron chi connectivity index (χ4n) is 3.17. The minimum absolute atomic E-state index is 0.177. The Morgan fingerprint density at radius 2 is 2.08 bits per heavy atom. The zero-order valence-corrected chi connectivity index (χ0v) is 15.3. The monoisotopic (exact) mass is 355 g/mol. The highest BCUT2D eigenvalue weighted by atomic mass is 32.1. The molecule has 1 aliphatic rings. The molecule has 1 fully saturated rings. The van der Waals surface area contributed by atoms with E-state index in [1.807, 2.05) is 30.2 Å². The van der Waals surface area contributed by atoms with E-state index in [1.165, 1.54) is 4.88 Å². The third kappa shape index (κ3) is 3.11. The first-order valence-electron chi connectivity index (χ1n) is 8.49. The summed E-state index contributed by atoms with van der Waals surface area (Å²) in [6, 6.07) is 3.91. The molecular formula is C18H21N5OS. The molecule has 6 nitrogen and oxygen atoms in total. The van der Waals surface area contributed by atoms with E-state index in [0.29, 0.717) is 6.42 Å². The van der Waals surface area contributed by atoms with Crippen molar-refractivity contribution in [1.29, 1.82) is 0 Å². The number of hydrogen-bond donors (Lipinski definition) is 1. The van der Waals surface area contributed by atoms with Crippen LogP contribution in [0.2, 0.25) is 0 Å². The minimum atomic E-state index is 0.177. The lowest BCUT2D eigenvalue weighted by Gasteiger charge is -2.34. The molecule has 1 N–H and O–H groups in total. The summed E-state index contributed by atoms with van der Waals surface area (Å²) in [4.78, 5) is 30.2. The molecule has 25 heavy (non-hydrogen) atoms. The Morgan fingerprint density at radius 1 is 1.28 bits per heavy atom. The quantitative estimate of drug-likeness (QED) is 0.784. The Kier molecular flexibility index (Phi) is 4.17. The Labute approximate surface area is 150 Å². The van der Waals surface area contributed by atoms with Gasteiger partial charge in [-0.05, 0) is 31.5 Å². The average molecular weight is 355 g/mol. The van der Waals surface area contributed by atoms with E-state index in [0.717, 1.165) is 53.6 Å². The van der Waals surface area contributed by atoms with Crippen molar-refractivity contribution in [3.8, 4) is 0 Å². The van der Waals surface area contributed by atoms with Gasteiger partial charge in [0.05, 0.1) is 12.1 Å². The van der Waals surface area contributed by atoms with E-state index in [-0.39, 0.29) is 5.91 Å². The molecule has 0 spiro atoms. The molecule has 1 amide bonds. The third-order valence-electron chi connectivity index (χ3n) is 4.80. The number of nitrogens with one attached hydrogen (secondary N) is 1. The summed E-state index contributed by atoms with van der Waals surface area (Å²) in [7, 11) is 0. The van der Waals surface area contributed by atoms with Crippen molar-refractivity contribution >= 4 is 33.4 Å². The van der Waals surface area contributed by atoms with Crippen molar-refractivity contribution in [3.05, 3.63) is 40.7 Å². The Hall–Kier alpha value is -2.41. The van der Waals surface area contributed by atoms with E-state index < -0.39 is 0 Å². The number of hydrogen-bond acceptors (Lipinski definition) is 5. The van der Waals surface area contributed by atoms with Crippen molar-refractivity contribution in [2.75, 3.05) is 31.1 Å². The van der Waals surface area contributed by atoms with Crippen molar-refractivity contribution in [3.63, 3.8) is 0 Å². The van der Waals surface area contributed by atoms with Crippen LogP contribution in [-0.4, -0.2) is 51.9 Å². The smallest absolute Gasteiger partial charge is 0.227 e. The van der Waals surface area contributed by atoms with Crippen LogP contribution >= 0.6 is 11.3 Å². The summed E-state index contributed by atoms with van der Waals surface area (Å²) < 4.78 is 0. The number of amides is 1. The van der Waals surface area contributed by atoms with Gasteiger partial charge in [-0.2, -0.15) is 0 Å². The van der Waals surface area contributed by atoms with Gasteiger partial charge in [0.1, 0.15) is 5.65 Å². The van der Waals surface area contributed by atoms with E-state index >= 15 is 0 Å². The van der Waals surface area contributed by atoms with E-state index in [9.17, 15) is 4.79 Å². The maximum absolute atomic E-state index is 12.7. The number of rotatable bonds is 3. The van der Waals surface area contributed by atoms with E-state index in [1.54, 1.807) is 17.5 Å². The van der Waals surface area contributed by atoms with Crippen LogP contribution in [0.1, 0.15) is 16.1 Å². The second kappa shape index (κ2) is 6.48. The molecule has 0 radical (unpaired) electrons. The van der Waals surface area contributed by atoms with Gasteiger partial charge in [-0.3, -0.25) is 4.79 Å². The molecule has 7 heteroatoms. The van der Waals surface area contributed by atoms with Gasteiger partial charge in [-0.15, -0.1) is 11.3 Å². The molecule has 1 saturated heterocycles. The highest BCUT2D eigenvalue weighted by molar-refractivity contribution is 7.15. The lowest BCUT2D eigenvalue weighted by molar-refractivity contribution is -0.130. The van der Waals surface area contributed by atoms with Crippen LogP contribution in [0.15, 0.2) is 24.5 Å². The van der Waals surface area contributed by atoms with Crippen LogP contribution in [0.3, 0.4) is 0 Å². The topological polar surface area (TPSA) is 65.1 Å². The zero-order chi connectivity index (χ0) is 17.4. The van der Waals surface area contributed by atoms with Crippen molar-refractivity contribution < 1.29 is 4.79 Å². The predicted molar refractivity (Wildman–Crippen MR) is 100 cm³/mol. The van der Waals surface area contributed by atoms with Crippen molar-refractivity contribution in [1.82, 2.24) is 19.9 Å². The standard InChI is InChI=1S/C18H21N5OS/c1-12-13(2)25-18(21-12)23-8-6-22(7-9-23)16(24)10-14-11-20-17-15(14)4-3-5-19-17/h3-5,11H,6-10H2,1-2H3,(H,19,20). The van der Waals surface area contributed by atoms with Gasteiger partial charge in [0.15, 0.2) is 5.13 Å². The molecule has 0 bridgehead atoms. The summed E-state index contributed by atoms with van der Waals surface area (Å²) in [6.07, 6.45) is 4.07. The van der Waals surface area contributed by atoms with Crippen LogP contribution in [0, 0.1) is 13.8 Å². The molecule has 0 aromatic carbocycles. The highest BCUT2D eigenvalue weighted by Gasteiger charge is 2.23. The number of carbonyl (C=O) groups is 1. The Morgan fingerprint density at radius 3 is 2.80 bits per heavy atom. The predicted octanol–water partition coefficient (Wildman–Crippen LogP) is 2.53. The first-order valence-corrected chi connectivity index (χ1v) is 9.31. The second-order valence-corrected chi connectivity index (χ2v) is 7.58. The summed E-state index contributed by atoms with van der Waals surface area (Å²) in [5.74, 6) is 0.177. The van der Waals surface area contributed by atoms with Crippen LogP contribution < -0.4 is 4.90 Å². The van der Waals surface area contributed by atoms with Crippen molar-refractivity contribution in [2.24, 2.45) is 0 Å². The normalized spacial score (nSPS) is 15.1. The number of aromatic nitrogens is 3. The Balaban J connectivity index is 1.39. The first-order chi connectivity index (χ1) is 12.1. The highest BCUT2D eigenvalue weighted by Crippen LogP contribution is 2.26. The molecule has 4 heterocycles. The molecule has 0 saturated carbocycles. The molecule has 3 aromatic heterocycles. The number of aromatic amines is 1. The lowest BCUT2D eigenvalue weighted by atomic mass is 10.1. The summed E-state index contributed by atoms with van der Waals surface area (Å²) in [5, 5.41) is 2.10. The summed E-state index contributed by atoms with van der Waals surface area (Å²) in [6.45, 7) is 7.33. The van der Waals surface area contributed by atoms with Crippen molar-refractivity contribution in [2.45, 2.75) is 20.3 Å². The molecule has 4 rings (SSSR count). The fourth-order valence-corrected chi connectivity index (χ4v) is 4.13. The molecule has 0 atom stereocenters. The first kappa shape index (κ1) is 16.1. The molecule has 1 aliphatic heterocycles. The van der Waals surface area contributed by atoms with Crippen LogP contribution in [-0.2, 0) is 11.2 Å². The summed E-state index contributed by atoms with van der Waals surface area (Å²) >= 11 is 1.74. The zero-order valence-electron chi connectivity index (χ0n) is 14.5. The van der Waals surface area contributed by atoms with Crippen LogP contribution in [0.25, 0.3) is 11.0 Å². The maximum atomic E-state index is 12.7. The molecule has 130 valence electrons. The second-order valence-electron chi connectivity index (χ2n) is 6.40. The van der Waals surface area contributed by atoms with Gasteiger partial charge in [0.25, 0.3) is 0 Å². The van der Waals surface area contributed by atoms with Gasteiger partial charge >= 0.3 is 0 Å². The van der Waals surface area contributed by atoms with Crippen LogP contribution in [0.4, 0.5) is 5.13 Å².